The van der Waals surface area contributed by atoms with Gasteiger partial charge in [-0.1, -0.05) is 63.2 Å². The van der Waals surface area contributed by atoms with Crippen molar-refractivity contribution >= 4 is 16.6 Å². The van der Waals surface area contributed by atoms with Gasteiger partial charge in [-0.05, 0) is 34.6 Å². The Labute approximate surface area is 122 Å². The highest BCUT2D eigenvalue weighted by atomic mass is 16.1. The number of Topliss-reactive ketones (excluding diaryl/α,β-unsaturated/α-hetero) is 1. The van der Waals surface area contributed by atoms with Crippen molar-refractivity contribution in [3.63, 3.8) is 0 Å². The number of benzene rings is 2. The van der Waals surface area contributed by atoms with Gasteiger partial charge in [0.2, 0.25) is 0 Å². The molecule has 0 saturated heterocycles. The summed E-state index contributed by atoms with van der Waals surface area (Å²) in [5.41, 5.74) is 1.13. The van der Waals surface area contributed by atoms with E-state index in [0.717, 1.165) is 12.0 Å². The predicted octanol–water partition coefficient (Wildman–Crippen LogP) is 5.02. The number of hydrogen-bond donors (Lipinski definition) is 0. The van der Waals surface area contributed by atoms with Crippen LogP contribution in [-0.2, 0) is 11.2 Å². The number of carbonyl (C=O) groups is 1. The van der Waals surface area contributed by atoms with Gasteiger partial charge in [-0.15, -0.1) is 0 Å². The maximum Gasteiger partial charge on any atom is 0.137 e. The molecule has 1 unspecified atom stereocenters. The third-order valence-corrected chi connectivity index (χ3v) is 4.23. The molecule has 0 radical (unpaired) electrons. The molecule has 1 heteroatoms. The first-order chi connectivity index (χ1) is 9.56. The molecule has 1 atom stereocenters. The summed E-state index contributed by atoms with van der Waals surface area (Å²) in [4.78, 5) is 12.1. The highest BCUT2D eigenvalue weighted by Crippen LogP contribution is 2.19. The normalized spacial score (nSPS) is 12.8. The van der Waals surface area contributed by atoms with E-state index in [9.17, 15) is 4.79 Å². The lowest BCUT2D eigenvalue weighted by Gasteiger charge is -2.14. The Hall–Kier alpha value is -1.63. The Morgan fingerprint density at radius 2 is 1.70 bits per heavy atom. The molecule has 0 aliphatic rings. The fourth-order valence-corrected chi connectivity index (χ4v) is 2.39. The number of rotatable bonds is 6. The molecule has 0 amide bonds. The van der Waals surface area contributed by atoms with E-state index in [2.05, 4.69) is 51.1 Å². The SMILES string of the molecule is CC(C)C(C)CCC(=O)Cc1ccc2ccccc2c1. The zero-order valence-electron chi connectivity index (χ0n) is 12.7. The van der Waals surface area contributed by atoms with E-state index < -0.39 is 0 Å². The molecule has 0 saturated carbocycles. The van der Waals surface area contributed by atoms with Crippen molar-refractivity contribution in [1.82, 2.24) is 0 Å². The van der Waals surface area contributed by atoms with Crippen LogP contribution in [0.3, 0.4) is 0 Å². The van der Waals surface area contributed by atoms with Gasteiger partial charge in [0, 0.05) is 12.8 Å². The molecule has 0 N–H and O–H groups in total. The summed E-state index contributed by atoms with van der Waals surface area (Å²) in [6.45, 7) is 6.67. The Kier molecular flexibility index (Phi) is 4.94. The van der Waals surface area contributed by atoms with E-state index in [1.807, 2.05) is 12.1 Å². The van der Waals surface area contributed by atoms with Gasteiger partial charge in [0.1, 0.15) is 5.78 Å². The lowest BCUT2D eigenvalue weighted by atomic mass is 9.91. The molecule has 0 bridgehead atoms. The van der Waals surface area contributed by atoms with Crippen molar-refractivity contribution in [3.8, 4) is 0 Å². The van der Waals surface area contributed by atoms with Crippen LogP contribution in [0, 0.1) is 11.8 Å². The van der Waals surface area contributed by atoms with E-state index in [1.165, 1.54) is 10.8 Å². The standard InChI is InChI=1S/C19H24O/c1-14(2)15(3)8-11-19(20)13-16-9-10-17-6-4-5-7-18(17)12-16/h4-7,9-10,12,14-15H,8,11,13H2,1-3H3. The van der Waals surface area contributed by atoms with Gasteiger partial charge in [0.25, 0.3) is 0 Å². The Bertz CT molecular complexity index is 583. The molecule has 2 aromatic rings. The van der Waals surface area contributed by atoms with E-state index in [4.69, 9.17) is 0 Å². The monoisotopic (exact) mass is 268 g/mol. The summed E-state index contributed by atoms with van der Waals surface area (Å²) < 4.78 is 0. The Morgan fingerprint density at radius 3 is 2.40 bits per heavy atom. The van der Waals surface area contributed by atoms with Crippen LogP contribution in [0.4, 0.5) is 0 Å². The first-order valence-electron chi connectivity index (χ1n) is 7.55. The van der Waals surface area contributed by atoms with Gasteiger partial charge in [-0.25, -0.2) is 0 Å². The van der Waals surface area contributed by atoms with Gasteiger partial charge in [0.15, 0.2) is 0 Å². The smallest absolute Gasteiger partial charge is 0.137 e. The molecule has 0 spiro atoms. The summed E-state index contributed by atoms with van der Waals surface area (Å²) in [5, 5.41) is 2.45. The number of fused-ring (bicyclic) bond motifs is 1. The third-order valence-electron chi connectivity index (χ3n) is 4.23. The average molecular weight is 268 g/mol. The first-order valence-corrected chi connectivity index (χ1v) is 7.55. The van der Waals surface area contributed by atoms with Crippen LogP contribution >= 0.6 is 0 Å². The van der Waals surface area contributed by atoms with Crippen molar-refractivity contribution in [2.75, 3.05) is 0 Å². The van der Waals surface area contributed by atoms with Gasteiger partial charge >= 0.3 is 0 Å². The average Bonchev–Trinajstić information content (AvgIpc) is 2.44. The zero-order chi connectivity index (χ0) is 14.5. The summed E-state index contributed by atoms with van der Waals surface area (Å²) in [6, 6.07) is 14.6. The summed E-state index contributed by atoms with van der Waals surface area (Å²) in [6.07, 6.45) is 2.27. The Balaban J connectivity index is 1.96. The van der Waals surface area contributed by atoms with Crippen LogP contribution < -0.4 is 0 Å². The van der Waals surface area contributed by atoms with E-state index in [-0.39, 0.29) is 0 Å². The molecule has 0 aliphatic carbocycles. The molecule has 0 fully saturated rings. The second-order valence-corrected chi connectivity index (χ2v) is 6.16. The van der Waals surface area contributed by atoms with Crippen LogP contribution in [0.5, 0.6) is 0 Å². The molecular weight excluding hydrogens is 244 g/mol. The summed E-state index contributed by atoms with van der Waals surface area (Å²) in [5.74, 6) is 1.63. The van der Waals surface area contributed by atoms with Crippen LogP contribution in [-0.4, -0.2) is 5.78 Å². The van der Waals surface area contributed by atoms with Gasteiger partial charge in [0.05, 0.1) is 0 Å². The minimum atomic E-state index is 0.354. The fraction of sp³-hybridized carbons (Fsp3) is 0.421. The highest BCUT2D eigenvalue weighted by molar-refractivity contribution is 5.86. The van der Waals surface area contributed by atoms with Gasteiger partial charge in [-0.3, -0.25) is 4.79 Å². The summed E-state index contributed by atoms with van der Waals surface area (Å²) >= 11 is 0. The van der Waals surface area contributed by atoms with Crippen LogP contribution in [0.2, 0.25) is 0 Å². The van der Waals surface area contributed by atoms with Crippen molar-refractivity contribution in [2.24, 2.45) is 11.8 Å². The van der Waals surface area contributed by atoms with Gasteiger partial charge < -0.3 is 0 Å². The lowest BCUT2D eigenvalue weighted by molar-refractivity contribution is -0.118. The number of carbonyl (C=O) groups excluding carboxylic acids is 1. The van der Waals surface area contributed by atoms with Crippen LogP contribution in [0.25, 0.3) is 10.8 Å². The molecule has 1 nitrogen and oxygen atoms in total. The molecule has 20 heavy (non-hydrogen) atoms. The van der Waals surface area contributed by atoms with Gasteiger partial charge in [-0.2, -0.15) is 0 Å². The fourth-order valence-electron chi connectivity index (χ4n) is 2.39. The molecule has 2 rings (SSSR count). The summed E-state index contributed by atoms with van der Waals surface area (Å²) in [7, 11) is 0. The second-order valence-electron chi connectivity index (χ2n) is 6.16. The minimum Gasteiger partial charge on any atom is -0.299 e. The second kappa shape index (κ2) is 6.69. The van der Waals surface area contributed by atoms with Crippen LogP contribution in [0.15, 0.2) is 42.5 Å². The Morgan fingerprint density at radius 1 is 1.00 bits per heavy atom. The lowest BCUT2D eigenvalue weighted by Crippen LogP contribution is -2.09. The van der Waals surface area contributed by atoms with E-state index >= 15 is 0 Å². The molecule has 0 heterocycles. The quantitative estimate of drug-likeness (QED) is 0.718. The first kappa shape index (κ1) is 14.8. The number of ketones is 1. The highest BCUT2D eigenvalue weighted by Gasteiger charge is 2.10. The molecular formula is C19H24O. The minimum absolute atomic E-state index is 0.354. The maximum absolute atomic E-state index is 12.1. The zero-order valence-corrected chi connectivity index (χ0v) is 12.7. The topological polar surface area (TPSA) is 17.1 Å². The van der Waals surface area contributed by atoms with Crippen molar-refractivity contribution < 1.29 is 4.79 Å². The largest absolute Gasteiger partial charge is 0.299 e. The number of hydrogen-bond acceptors (Lipinski definition) is 1. The van der Waals surface area contributed by atoms with Crippen LogP contribution in [0.1, 0.15) is 39.2 Å². The van der Waals surface area contributed by atoms with Crippen molar-refractivity contribution in [1.29, 1.82) is 0 Å². The molecule has 106 valence electrons. The molecule has 0 aliphatic heterocycles. The van der Waals surface area contributed by atoms with E-state index in [0.29, 0.717) is 30.5 Å². The van der Waals surface area contributed by atoms with E-state index in [1.54, 1.807) is 0 Å². The maximum atomic E-state index is 12.1. The molecule has 0 aromatic heterocycles. The predicted molar refractivity (Wildman–Crippen MR) is 85.9 cm³/mol. The molecule has 2 aromatic carbocycles. The van der Waals surface area contributed by atoms with Crippen molar-refractivity contribution in [2.45, 2.75) is 40.0 Å². The third kappa shape index (κ3) is 3.93. The van der Waals surface area contributed by atoms with Crippen molar-refractivity contribution in [3.05, 3.63) is 48.0 Å².